The number of piperidine rings is 4. The van der Waals surface area contributed by atoms with Crippen molar-refractivity contribution in [3.05, 3.63) is 315 Å². The van der Waals surface area contributed by atoms with Crippen molar-refractivity contribution >= 4 is 160 Å². The highest BCUT2D eigenvalue weighted by Gasteiger charge is 2.32. The molecule has 5 amide bonds. The number of nitrogens with zero attached hydrogens (tertiary/aromatic N) is 24. The van der Waals surface area contributed by atoms with Crippen LogP contribution in [0.4, 0.5) is 17.6 Å². The molecule has 5 aliphatic rings. The molecule has 4 N–H and O–H groups in total. The number of nitrogens with two attached hydrogens (primary N) is 2. The topological polar surface area (TPSA) is 360 Å². The largest absolute Gasteiger partial charge is 0.497 e. The molecule has 41 heteroatoms. The molecule has 18 heterocycles. The lowest BCUT2D eigenvalue weighted by atomic mass is 10.1. The van der Waals surface area contributed by atoms with Gasteiger partial charge in [-0.15, -0.1) is 0 Å². The molecule has 32 nitrogen and oxygen atoms in total. The van der Waals surface area contributed by atoms with Crippen LogP contribution in [0, 0.1) is 27.7 Å². The van der Waals surface area contributed by atoms with Crippen LogP contribution in [-0.2, 0) is 0 Å². The number of imidazole rings is 3. The third-order valence-corrected chi connectivity index (χ3v) is 27.6. The molecular formula is C107H101Cl5F4N26O6. The van der Waals surface area contributed by atoms with Crippen LogP contribution >= 0.6 is 58.0 Å². The number of likely N-dealkylation sites (tertiary alicyclic amines) is 5. The Kier molecular flexibility index (Phi) is 31.5. The van der Waals surface area contributed by atoms with E-state index in [1.807, 2.05) is 144 Å². The average Bonchev–Trinajstić information content (AvgIpc) is 1.62. The number of aryl methyl sites for hydroxylation is 4. The fourth-order valence-electron chi connectivity index (χ4n) is 18.2. The average molecular weight is 2100 g/mol. The molecule has 0 saturated carbocycles. The van der Waals surface area contributed by atoms with E-state index in [1.165, 1.54) is 12.4 Å². The second kappa shape index (κ2) is 45.4. The van der Waals surface area contributed by atoms with Crippen LogP contribution in [0.15, 0.2) is 233 Å². The SMILES string of the molecule is C=C(N)c1ccc2c(c1)ncn2-c1cccc(Cl)c1.COc1ccc(-n2c(C)nc3cc(C(=O)N4CCC(F)CC4)cnc32)cc1.Cc1cnc(-n2cc(Cl)c3cc(C(=O)N4CCC(F)CC4)cnc32)cn1.Cc1nc2c(cc1C(=O)N1CCC(F)CC1)c(Cl)cn2-c1cnccn1.Cc1nccnc1-n1cc(Cl)c2cc(C(=O)N3CCC(F)CC3)cnc21.NC1CCN(C(=O)c2ccc3c(c2)ncn3-c2cccc(Cl)c2)C1. The molecule has 148 heavy (non-hydrogen) atoms. The van der Waals surface area contributed by atoms with Crippen molar-refractivity contribution < 1.29 is 46.3 Å². The molecule has 758 valence electrons. The van der Waals surface area contributed by atoms with E-state index in [-0.39, 0.29) is 35.6 Å². The van der Waals surface area contributed by atoms with Crippen molar-refractivity contribution in [2.75, 3.05) is 72.6 Å². The smallest absolute Gasteiger partial charge is 0.255 e. The molecule has 0 bridgehead atoms. The van der Waals surface area contributed by atoms with Gasteiger partial charge in [-0.3, -0.25) is 66.3 Å². The molecule has 0 spiro atoms. The standard InChI is InChI=1S/C20H21FN4O2.3C18H17ClFN5O.C18H17ClN4O.C15H12ClN3/c1-13-23-18-11-14(20(26)24-9-7-15(21)8-10-24)12-22-19(18)25(13)16-3-5-17(27-2)6-4-16;1-11-16(22-5-4-21-11)25-10-15(19)14-8-12(9-23-17(14)25)18(26)24-6-2-13(20)3-7-24;1-11-13(18(26)24-6-2-12(20)3-7-24)8-14-15(19)10-25(17(14)23-11)16-9-21-4-5-22-16;1-11-7-22-16(9-21-11)25-10-15(19)14-6-12(8-23-17(14)25)18(26)24-4-2-13(20)3-5-24;19-13-2-1-3-15(9-13)23-11-21-16-8-12(4-5-17(16)23)18(24)22-7-6-14(20)10-22;1-10(17)11-5-6-15-14(7-11)18-9-19(15)13-4-2-3-12(16)8-13/h3-6,11-12,15H,7-10H2,1-2H3;4-5,8-10,13H,2-3,6-7H2,1H3;4-5,8-10,12H,2-3,6-7H2,1H3;6-10,13H,2-5H2,1H3;1-5,8-9,11,14H,6-7,10,20H2;2-9H,1,17H2. The van der Waals surface area contributed by atoms with E-state index in [0.717, 1.165) is 80.6 Å². The Balaban J connectivity index is 0.000000117. The third kappa shape index (κ3) is 23.0. The van der Waals surface area contributed by atoms with Crippen LogP contribution in [0.2, 0.25) is 25.1 Å². The Labute approximate surface area is 872 Å². The first-order valence-electron chi connectivity index (χ1n) is 48.0. The maximum Gasteiger partial charge on any atom is 0.255 e. The van der Waals surface area contributed by atoms with Gasteiger partial charge in [0, 0.05) is 188 Å². The summed E-state index contributed by atoms with van der Waals surface area (Å²) in [5.41, 5.74) is 27.3. The Morgan fingerprint density at radius 2 is 0.845 bits per heavy atom. The van der Waals surface area contributed by atoms with Crippen LogP contribution in [-0.4, -0.2) is 250 Å². The zero-order valence-electron chi connectivity index (χ0n) is 81.1. The number of alkyl halides is 4. The number of halogens is 9. The molecule has 13 aromatic heterocycles. The molecule has 5 fully saturated rings. The van der Waals surface area contributed by atoms with Crippen LogP contribution in [0.1, 0.15) is 138 Å². The molecule has 5 aliphatic heterocycles. The number of benzene rings is 5. The molecule has 1 unspecified atom stereocenters. The number of pyridine rings is 4. The molecule has 1 atom stereocenters. The van der Waals surface area contributed by atoms with E-state index in [1.54, 1.807) is 157 Å². The third-order valence-electron chi connectivity index (χ3n) is 26.2. The van der Waals surface area contributed by atoms with E-state index in [2.05, 4.69) is 71.4 Å². The van der Waals surface area contributed by atoms with Crippen molar-refractivity contribution in [2.45, 2.75) is 116 Å². The Hall–Kier alpha value is -15.2. The second-order valence-corrected chi connectivity index (χ2v) is 38.4. The number of amides is 5. The van der Waals surface area contributed by atoms with Crippen LogP contribution in [0.3, 0.4) is 0 Å². The van der Waals surface area contributed by atoms with Gasteiger partial charge in [0.1, 0.15) is 71.4 Å². The summed E-state index contributed by atoms with van der Waals surface area (Å²) in [5, 5.41) is 4.82. The van der Waals surface area contributed by atoms with Crippen molar-refractivity contribution in [3.8, 4) is 40.3 Å². The first-order valence-corrected chi connectivity index (χ1v) is 49.9. The fourth-order valence-corrected chi connectivity index (χ4v) is 19.3. The maximum absolute atomic E-state index is 13.3. The number of hydrogen-bond donors (Lipinski definition) is 2. The first-order chi connectivity index (χ1) is 71.4. The number of carbonyl (C=O) groups excluding carboxylic acids is 5. The Morgan fingerprint density at radius 3 is 1.33 bits per heavy atom. The quantitative estimate of drug-likeness (QED) is 0.101. The Bertz CT molecular complexity index is 7970. The zero-order valence-corrected chi connectivity index (χ0v) is 84.9. The lowest BCUT2D eigenvalue weighted by Gasteiger charge is -2.29. The molecule has 0 radical (unpaired) electrons. The number of carbonyl (C=O) groups is 5. The number of aromatic nitrogens is 19. The van der Waals surface area contributed by atoms with Gasteiger partial charge >= 0.3 is 0 Å². The lowest BCUT2D eigenvalue weighted by Crippen LogP contribution is -2.39. The molecule has 23 rings (SSSR count). The molecule has 18 aromatic rings. The van der Waals surface area contributed by atoms with Crippen molar-refractivity contribution in [2.24, 2.45) is 11.5 Å². The van der Waals surface area contributed by atoms with Gasteiger partial charge in [-0.1, -0.05) is 82.8 Å². The summed E-state index contributed by atoms with van der Waals surface area (Å²) >= 11 is 31.2. The van der Waals surface area contributed by atoms with Gasteiger partial charge < -0.3 is 40.7 Å². The van der Waals surface area contributed by atoms with Gasteiger partial charge in [0.2, 0.25) is 0 Å². The summed E-state index contributed by atoms with van der Waals surface area (Å²) in [4.78, 5) is 129. The number of rotatable bonds is 13. The van der Waals surface area contributed by atoms with E-state index in [4.69, 9.17) is 74.2 Å². The van der Waals surface area contributed by atoms with Gasteiger partial charge in [0.15, 0.2) is 23.1 Å². The zero-order chi connectivity index (χ0) is 104. The summed E-state index contributed by atoms with van der Waals surface area (Å²) < 4.78 is 69.6. The molecule has 0 aliphatic carbocycles. The predicted molar refractivity (Wildman–Crippen MR) is 563 cm³/mol. The monoisotopic (exact) mass is 2100 g/mol. The summed E-state index contributed by atoms with van der Waals surface area (Å²) in [6.07, 6.45) is 25.3. The number of hydrogen-bond acceptors (Lipinski definition) is 21. The molecule has 5 saturated heterocycles. The van der Waals surface area contributed by atoms with Gasteiger partial charge in [-0.25, -0.2) is 67.4 Å². The van der Waals surface area contributed by atoms with E-state index < -0.39 is 24.7 Å². The van der Waals surface area contributed by atoms with Crippen LogP contribution in [0.25, 0.3) is 107 Å². The van der Waals surface area contributed by atoms with Gasteiger partial charge in [-0.2, -0.15) is 0 Å². The van der Waals surface area contributed by atoms with E-state index in [0.29, 0.717) is 236 Å². The van der Waals surface area contributed by atoms with E-state index >= 15 is 0 Å². The maximum atomic E-state index is 13.3. The van der Waals surface area contributed by atoms with Crippen molar-refractivity contribution in [3.63, 3.8) is 0 Å². The summed E-state index contributed by atoms with van der Waals surface area (Å²) in [5.74, 6) is 2.87. The lowest BCUT2D eigenvalue weighted by molar-refractivity contribution is 0.0657. The van der Waals surface area contributed by atoms with Crippen molar-refractivity contribution in [1.82, 2.24) is 117 Å². The van der Waals surface area contributed by atoms with Crippen LogP contribution < -0.4 is 16.2 Å². The summed E-state index contributed by atoms with van der Waals surface area (Å²) in [6, 6.07) is 41.4. The minimum absolute atomic E-state index is 0.0159. The first kappa shape index (κ1) is 103. The van der Waals surface area contributed by atoms with Gasteiger partial charge in [0.05, 0.1) is 102 Å². The number of methoxy groups -OCH3 is 1. The van der Waals surface area contributed by atoms with Crippen molar-refractivity contribution in [1.29, 1.82) is 0 Å². The highest BCUT2D eigenvalue weighted by Crippen LogP contribution is 2.36. The Morgan fingerprint density at radius 1 is 0.392 bits per heavy atom. The molecular weight excluding hydrogens is 2000 g/mol. The number of fused-ring (bicyclic) bond motifs is 6. The summed E-state index contributed by atoms with van der Waals surface area (Å²) in [7, 11) is 1.63. The van der Waals surface area contributed by atoms with E-state index in [9.17, 15) is 41.5 Å². The van der Waals surface area contributed by atoms with Gasteiger partial charge in [0.25, 0.3) is 29.5 Å². The highest BCUT2D eigenvalue weighted by atomic mass is 35.5. The normalized spacial score (nSPS) is 15.2. The predicted octanol–water partition coefficient (Wildman–Crippen LogP) is 19.8. The number of ether oxygens (including phenoxy) is 1. The van der Waals surface area contributed by atoms with Gasteiger partial charge in [-0.05, 0) is 206 Å². The molecule has 5 aromatic carbocycles. The minimum Gasteiger partial charge on any atom is -0.497 e. The fraction of sp³-hybridized carbons (Fsp3) is 0.271. The highest BCUT2D eigenvalue weighted by molar-refractivity contribution is 6.37. The second-order valence-electron chi connectivity index (χ2n) is 36.3. The van der Waals surface area contributed by atoms with Crippen LogP contribution in [0.5, 0.6) is 5.75 Å². The minimum atomic E-state index is -0.823. The summed E-state index contributed by atoms with van der Waals surface area (Å²) in [6.45, 7) is 15.9.